The fraction of sp³-hybridized carbons (Fsp3) is 0.400. The molecule has 2 aromatic carbocycles. The van der Waals surface area contributed by atoms with E-state index in [9.17, 15) is 18.0 Å². The normalized spacial score (nSPS) is 18.4. The maximum absolute atomic E-state index is 13.3. The number of rotatable bonds is 7. The number of carbonyl (C=O) groups is 2. The van der Waals surface area contributed by atoms with Crippen molar-refractivity contribution in [3.63, 3.8) is 0 Å². The van der Waals surface area contributed by atoms with Crippen LogP contribution in [0.1, 0.15) is 44.1 Å². The molecule has 4 rings (SSSR count). The van der Waals surface area contributed by atoms with Crippen molar-refractivity contribution in [1.82, 2.24) is 15.5 Å². The van der Waals surface area contributed by atoms with Gasteiger partial charge in [-0.1, -0.05) is 49.2 Å². The van der Waals surface area contributed by atoms with E-state index in [0.717, 1.165) is 31.4 Å². The van der Waals surface area contributed by atoms with Gasteiger partial charge in [0.1, 0.15) is 11.4 Å². The van der Waals surface area contributed by atoms with E-state index in [4.69, 9.17) is 0 Å². The number of hydrogen-bond acceptors (Lipinski definition) is 4. The van der Waals surface area contributed by atoms with Gasteiger partial charge in [0.25, 0.3) is 10.0 Å². The van der Waals surface area contributed by atoms with Crippen LogP contribution in [0, 0.1) is 0 Å². The van der Waals surface area contributed by atoms with Gasteiger partial charge in [0.2, 0.25) is 5.91 Å². The highest BCUT2D eigenvalue weighted by molar-refractivity contribution is 7.90. The zero-order valence-electron chi connectivity index (χ0n) is 19.8. The summed E-state index contributed by atoms with van der Waals surface area (Å²) < 4.78 is 29.7. The molecule has 1 aliphatic heterocycles. The topological polar surface area (TPSA) is 120 Å². The molecule has 0 unspecified atom stereocenters. The molecule has 1 saturated heterocycles. The van der Waals surface area contributed by atoms with Crippen LogP contribution in [-0.4, -0.2) is 50.2 Å². The van der Waals surface area contributed by atoms with Crippen LogP contribution in [0.2, 0.25) is 0 Å². The van der Waals surface area contributed by atoms with Crippen molar-refractivity contribution in [2.24, 2.45) is 4.40 Å². The Balaban J connectivity index is 1.45. The van der Waals surface area contributed by atoms with Gasteiger partial charge in [-0.05, 0) is 43.0 Å². The summed E-state index contributed by atoms with van der Waals surface area (Å²) in [5.74, 6) is 0.177. The first-order chi connectivity index (χ1) is 16.8. The Bertz CT molecular complexity index is 1210. The number of amidine groups is 1. The third-order valence-electron chi connectivity index (χ3n) is 6.49. The fourth-order valence-electron chi connectivity index (χ4n) is 4.51. The summed E-state index contributed by atoms with van der Waals surface area (Å²) in [6, 6.07) is 15.2. The zero-order chi connectivity index (χ0) is 24.9. The number of benzene rings is 2. The minimum absolute atomic E-state index is 0.0112. The molecule has 9 nitrogen and oxygen atoms in total. The molecule has 1 heterocycles. The number of sulfonamides is 1. The van der Waals surface area contributed by atoms with Crippen molar-refractivity contribution in [3.05, 3.63) is 60.2 Å². The molecule has 3 N–H and O–H groups in total. The predicted molar refractivity (Wildman–Crippen MR) is 135 cm³/mol. The maximum atomic E-state index is 13.3. The van der Waals surface area contributed by atoms with E-state index >= 15 is 0 Å². The molecule has 0 radical (unpaired) electrons. The van der Waals surface area contributed by atoms with Gasteiger partial charge in [0, 0.05) is 32.2 Å². The monoisotopic (exact) mass is 497 g/mol. The van der Waals surface area contributed by atoms with Crippen molar-refractivity contribution >= 4 is 33.5 Å². The van der Waals surface area contributed by atoms with E-state index in [1.54, 1.807) is 12.1 Å². The second kappa shape index (κ2) is 10.5. The molecule has 0 atom stereocenters. The molecule has 10 heteroatoms. The number of likely N-dealkylation sites (tertiary alicyclic amines) is 1. The largest absolute Gasteiger partial charge is 0.362 e. The number of amides is 3. The first-order valence-corrected chi connectivity index (χ1v) is 13.3. The Labute approximate surface area is 206 Å². The van der Waals surface area contributed by atoms with E-state index in [0.29, 0.717) is 37.3 Å². The third kappa shape index (κ3) is 6.00. The second-order valence-electron chi connectivity index (χ2n) is 9.07. The van der Waals surface area contributed by atoms with Crippen molar-refractivity contribution < 1.29 is 18.0 Å². The lowest BCUT2D eigenvalue weighted by Crippen LogP contribution is -2.57. The number of hydrogen-bond donors (Lipinski definition) is 3. The standard InChI is InChI=1S/C25H31N5O4S/c1-30-16-8-13-22(30)29-35(33,34)21-12-7-11-20(17-21)27-23(31)25(14-5-6-15-25)28-24(32)26-18-19-9-3-2-4-10-19/h2-4,7,9-12,17H,5-6,8,13-16,18H2,1H3,(H,27,31)(H2,26,28,32). The van der Waals surface area contributed by atoms with E-state index < -0.39 is 21.6 Å². The Hall–Kier alpha value is -3.40. The molecule has 1 aliphatic carbocycles. The van der Waals surface area contributed by atoms with Gasteiger partial charge in [-0.25, -0.2) is 4.79 Å². The molecule has 2 aliphatic rings. The van der Waals surface area contributed by atoms with Gasteiger partial charge in [0.05, 0.1) is 4.90 Å². The first kappa shape index (κ1) is 24.7. The molecule has 2 aromatic rings. The Morgan fingerprint density at radius 3 is 2.46 bits per heavy atom. The van der Waals surface area contributed by atoms with E-state index in [1.807, 2.05) is 42.3 Å². The third-order valence-corrected chi connectivity index (χ3v) is 7.79. The van der Waals surface area contributed by atoms with Crippen molar-refractivity contribution in [2.75, 3.05) is 18.9 Å². The maximum Gasteiger partial charge on any atom is 0.315 e. The zero-order valence-corrected chi connectivity index (χ0v) is 20.6. The number of carbonyl (C=O) groups excluding carboxylic acids is 2. The summed E-state index contributed by atoms with van der Waals surface area (Å²) in [4.78, 5) is 27.7. The van der Waals surface area contributed by atoms with Gasteiger partial charge in [0.15, 0.2) is 0 Å². The Morgan fingerprint density at radius 1 is 1.03 bits per heavy atom. The summed E-state index contributed by atoms with van der Waals surface area (Å²) >= 11 is 0. The van der Waals surface area contributed by atoms with Crippen LogP contribution in [0.25, 0.3) is 0 Å². The van der Waals surface area contributed by atoms with E-state index in [1.165, 1.54) is 12.1 Å². The van der Waals surface area contributed by atoms with E-state index in [-0.39, 0.29) is 10.8 Å². The second-order valence-corrected chi connectivity index (χ2v) is 10.7. The summed E-state index contributed by atoms with van der Waals surface area (Å²) in [5, 5.41) is 8.50. The van der Waals surface area contributed by atoms with Crippen LogP contribution in [0.15, 0.2) is 63.9 Å². The summed E-state index contributed by atoms with van der Waals surface area (Å²) in [5.41, 5.74) is 0.245. The first-order valence-electron chi connectivity index (χ1n) is 11.8. The van der Waals surface area contributed by atoms with E-state index in [2.05, 4.69) is 20.3 Å². The Morgan fingerprint density at radius 2 is 1.77 bits per heavy atom. The molecular weight excluding hydrogens is 466 g/mol. The summed E-state index contributed by atoms with van der Waals surface area (Å²) in [6.07, 6.45) is 4.13. The minimum Gasteiger partial charge on any atom is -0.362 e. The van der Waals surface area contributed by atoms with Crippen molar-refractivity contribution in [1.29, 1.82) is 0 Å². The van der Waals surface area contributed by atoms with Gasteiger partial charge in [-0.3, -0.25) is 4.79 Å². The molecule has 0 spiro atoms. The van der Waals surface area contributed by atoms with Crippen molar-refractivity contribution in [3.8, 4) is 0 Å². The summed E-state index contributed by atoms with van der Waals surface area (Å²) in [6.45, 7) is 1.13. The highest BCUT2D eigenvalue weighted by atomic mass is 32.2. The molecule has 0 aromatic heterocycles. The average Bonchev–Trinajstić information content (AvgIpc) is 3.48. The lowest BCUT2D eigenvalue weighted by atomic mass is 9.96. The molecular formula is C25H31N5O4S. The molecule has 35 heavy (non-hydrogen) atoms. The molecule has 1 saturated carbocycles. The summed E-state index contributed by atoms with van der Waals surface area (Å²) in [7, 11) is -2.09. The predicted octanol–water partition coefficient (Wildman–Crippen LogP) is 3.25. The number of nitrogens with one attached hydrogen (secondary N) is 3. The molecule has 3 amide bonds. The lowest BCUT2D eigenvalue weighted by molar-refractivity contribution is -0.121. The number of nitrogens with zero attached hydrogens (tertiary/aromatic N) is 2. The fourth-order valence-corrected chi connectivity index (χ4v) is 5.65. The van der Waals surface area contributed by atoms with Gasteiger partial charge < -0.3 is 20.9 Å². The molecule has 0 bridgehead atoms. The average molecular weight is 498 g/mol. The minimum atomic E-state index is -3.91. The molecule has 186 valence electrons. The van der Waals surface area contributed by atoms with Gasteiger partial charge >= 0.3 is 6.03 Å². The number of anilines is 1. The van der Waals surface area contributed by atoms with Crippen LogP contribution in [0.3, 0.4) is 0 Å². The smallest absolute Gasteiger partial charge is 0.315 e. The highest BCUT2D eigenvalue weighted by Crippen LogP contribution is 2.31. The van der Waals surface area contributed by atoms with Gasteiger partial charge in [-0.15, -0.1) is 4.40 Å². The SMILES string of the molecule is CN1CCCC1=NS(=O)(=O)c1cccc(NC(=O)C2(NC(=O)NCc3ccccc3)CCCC2)c1. The number of urea groups is 1. The van der Waals surface area contributed by atoms with Crippen molar-refractivity contribution in [2.45, 2.75) is 55.5 Å². The van der Waals surface area contributed by atoms with Crippen LogP contribution >= 0.6 is 0 Å². The Kier molecular flexibility index (Phi) is 7.39. The van der Waals surface area contributed by atoms with Crippen LogP contribution in [0.4, 0.5) is 10.5 Å². The van der Waals surface area contributed by atoms with Gasteiger partial charge in [-0.2, -0.15) is 8.42 Å². The van der Waals surface area contributed by atoms with Crippen LogP contribution < -0.4 is 16.0 Å². The quantitative estimate of drug-likeness (QED) is 0.542. The van der Waals surface area contributed by atoms with Crippen LogP contribution in [0.5, 0.6) is 0 Å². The highest BCUT2D eigenvalue weighted by Gasteiger charge is 2.42. The molecule has 2 fully saturated rings. The van der Waals surface area contributed by atoms with Crippen LogP contribution in [-0.2, 0) is 21.4 Å². The lowest BCUT2D eigenvalue weighted by Gasteiger charge is -2.29.